The van der Waals surface area contributed by atoms with Crippen molar-refractivity contribution in [1.82, 2.24) is 19.9 Å². The number of nitrogens with two attached hydrogens (primary N) is 1. The van der Waals surface area contributed by atoms with E-state index in [4.69, 9.17) is 5.73 Å². The number of hydrogen-bond acceptors (Lipinski definition) is 7. The number of hydrogen-bond donors (Lipinski definition) is 1. The second-order valence-electron chi connectivity index (χ2n) is 3.56. The minimum atomic E-state index is -0.584. The van der Waals surface area contributed by atoms with Crippen LogP contribution >= 0.6 is 22.7 Å². The minimum absolute atomic E-state index is 0.182. The van der Waals surface area contributed by atoms with E-state index in [0.29, 0.717) is 11.5 Å². The first-order chi connectivity index (χ1) is 9.24. The van der Waals surface area contributed by atoms with E-state index < -0.39 is 5.91 Å². The van der Waals surface area contributed by atoms with Gasteiger partial charge in [-0.2, -0.15) is 0 Å². The molecule has 0 aliphatic rings. The quantitative estimate of drug-likeness (QED) is 0.793. The summed E-state index contributed by atoms with van der Waals surface area (Å²) in [6.07, 6.45) is 3.34. The molecule has 3 rings (SSSR count). The van der Waals surface area contributed by atoms with Crippen molar-refractivity contribution in [2.45, 2.75) is 0 Å². The van der Waals surface area contributed by atoms with Crippen molar-refractivity contribution < 1.29 is 4.79 Å². The molecule has 2 N–H and O–H groups in total. The van der Waals surface area contributed by atoms with Crippen molar-refractivity contribution in [3.05, 3.63) is 35.2 Å². The summed E-state index contributed by atoms with van der Waals surface area (Å²) >= 11 is 2.84. The smallest absolute Gasteiger partial charge is 0.267 e. The zero-order valence-corrected chi connectivity index (χ0v) is 11.1. The highest BCUT2D eigenvalue weighted by Crippen LogP contribution is 2.26. The lowest BCUT2D eigenvalue weighted by Gasteiger charge is -2.03. The first kappa shape index (κ1) is 11.9. The maximum Gasteiger partial charge on any atom is 0.267 e. The fraction of sp³-hybridized carbons (Fsp3) is 0. The molecule has 3 aromatic rings. The van der Waals surface area contributed by atoms with Gasteiger partial charge in [-0.3, -0.25) is 14.8 Å². The number of carbonyl (C=O) groups excluding carboxylic acids is 1. The average Bonchev–Trinajstić information content (AvgIpc) is 3.11. The molecule has 0 aliphatic heterocycles. The normalized spacial score (nSPS) is 10.5. The van der Waals surface area contributed by atoms with Gasteiger partial charge in [-0.05, 0) is 6.07 Å². The molecule has 3 aromatic heterocycles. The molecule has 0 bridgehead atoms. The molecule has 94 valence electrons. The second kappa shape index (κ2) is 4.82. The van der Waals surface area contributed by atoms with Crippen LogP contribution in [0, 0.1) is 0 Å². The Morgan fingerprint density at radius 3 is 2.32 bits per heavy atom. The highest BCUT2D eigenvalue weighted by atomic mass is 32.1. The fourth-order valence-electron chi connectivity index (χ4n) is 1.48. The zero-order chi connectivity index (χ0) is 13.2. The van der Waals surface area contributed by atoms with E-state index in [0.717, 1.165) is 9.75 Å². The molecule has 19 heavy (non-hydrogen) atoms. The first-order valence-corrected chi connectivity index (χ1v) is 6.96. The lowest BCUT2D eigenvalue weighted by Crippen LogP contribution is -2.14. The lowest BCUT2D eigenvalue weighted by molar-refractivity contribution is 0.0995. The van der Waals surface area contributed by atoms with Crippen LogP contribution in [-0.2, 0) is 0 Å². The molecule has 0 saturated heterocycles. The van der Waals surface area contributed by atoms with Gasteiger partial charge in [0.2, 0.25) is 0 Å². The summed E-state index contributed by atoms with van der Waals surface area (Å²) in [5, 5.41) is 0. The summed E-state index contributed by atoms with van der Waals surface area (Å²) in [4.78, 5) is 29.5. The van der Waals surface area contributed by atoms with Crippen LogP contribution in [-0.4, -0.2) is 25.8 Å². The van der Waals surface area contributed by atoms with E-state index in [1.165, 1.54) is 22.7 Å². The van der Waals surface area contributed by atoms with Gasteiger partial charge in [0.1, 0.15) is 5.69 Å². The Labute approximate surface area is 116 Å². The lowest BCUT2D eigenvalue weighted by atomic mass is 10.2. The molecule has 0 fully saturated rings. The average molecular weight is 289 g/mol. The van der Waals surface area contributed by atoms with E-state index in [-0.39, 0.29) is 5.69 Å². The molecule has 1 amide bonds. The summed E-state index contributed by atoms with van der Waals surface area (Å²) in [6, 6.07) is 1.57. The van der Waals surface area contributed by atoms with Crippen molar-refractivity contribution in [2.75, 3.05) is 0 Å². The molecule has 0 radical (unpaired) electrons. The van der Waals surface area contributed by atoms with Crippen LogP contribution in [0.5, 0.6) is 0 Å². The monoisotopic (exact) mass is 289 g/mol. The van der Waals surface area contributed by atoms with E-state index in [1.807, 2.05) is 0 Å². The number of nitrogens with zero attached hydrogens (tertiary/aromatic N) is 4. The van der Waals surface area contributed by atoms with Crippen molar-refractivity contribution in [3.8, 4) is 21.3 Å². The van der Waals surface area contributed by atoms with Gasteiger partial charge in [0.05, 0.1) is 26.5 Å². The number of aromatic nitrogens is 4. The Hall–Kier alpha value is -2.19. The van der Waals surface area contributed by atoms with Gasteiger partial charge in [-0.15, -0.1) is 22.7 Å². The van der Waals surface area contributed by atoms with E-state index in [1.54, 1.807) is 29.5 Å². The van der Waals surface area contributed by atoms with E-state index in [2.05, 4.69) is 19.9 Å². The first-order valence-electron chi connectivity index (χ1n) is 5.20. The maximum atomic E-state index is 11.4. The molecule has 0 unspecified atom stereocenters. The highest BCUT2D eigenvalue weighted by molar-refractivity contribution is 7.13. The molecular formula is C11H7N5OS2. The van der Waals surface area contributed by atoms with Crippen LogP contribution in [0.1, 0.15) is 10.5 Å². The number of primary amides is 1. The predicted octanol–water partition coefficient (Wildman–Crippen LogP) is 1.82. The van der Waals surface area contributed by atoms with Crippen molar-refractivity contribution >= 4 is 28.6 Å². The van der Waals surface area contributed by atoms with Crippen LogP contribution in [0.4, 0.5) is 0 Å². The van der Waals surface area contributed by atoms with Crippen molar-refractivity contribution in [3.63, 3.8) is 0 Å². The summed E-state index contributed by atoms with van der Waals surface area (Å²) < 4.78 is 0. The maximum absolute atomic E-state index is 11.4. The highest BCUT2D eigenvalue weighted by Gasteiger charge is 2.13. The third-order valence-electron chi connectivity index (χ3n) is 2.32. The second-order valence-corrected chi connectivity index (χ2v) is 5.33. The Morgan fingerprint density at radius 2 is 1.74 bits per heavy atom. The van der Waals surface area contributed by atoms with Gasteiger partial charge in [-0.25, -0.2) is 9.97 Å². The van der Waals surface area contributed by atoms with Gasteiger partial charge in [-0.1, -0.05) is 0 Å². The Bertz CT molecular complexity index is 656. The van der Waals surface area contributed by atoms with Crippen molar-refractivity contribution in [2.24, 2.45) is 5.73 Å². The third-order valence-corrected chi connectivity index (χ3v) is 3.88. The van der Waals surface area contributed by atoms with Crippen LogP contribution in [0.15, 0.2) is 29.5 Å². The molecule has 0 saturated carbocycles. The number of thiazole rings is 2. The van der Waals surface area contributed by atoms with Gasteiger partial charge in [0.25, 0.3) is 5.91 Å². The number of amides is 1. The largest absolute Gasteiger partial charge is 0.364 e. The van der Waals surface area contributed by atoms with Gasteiger partial charge in [0, 0.05) is 12.4 Å². The van der Waals surface area contributed by atoms with Crippen LogP contribution in [0.3, 0.4) is 0 Å². The third kappa shape index (κ3) is 2.35. The molecule has 0 atom stereocenters. The van der Waals surface area contributed by atoms with Crippen LogP contribution < -0.4 is 5.73 Å². The Morgan fingerprint density at radius 1 is 1.05 bits per heavy atom. The summed E-state index contributed by atoms with van der Waals surface area (Å²) in [6.45, 7) is 0. The minimum Gasteiger partial charge on any atom is -0.364 e. The molecule has 0 aromatic carbocycles. The molecule has 0 spiro atoms. The van der Waals surface area contributed by atoms with E-state index >= 15 is 0 Å². The molecular weight excluding hydrogens is 282 g/mol. The van der Waals surface area contributed by atoms with E-state index in [9.17, 15) is 4.79 Å². The standard InChI is InChI=1S/C11H7N5OS2/c12-10(17)7-1-6(8-2-13-4-18-8)15-11(16-7)9-3-14-5-19-9/h1-5H,(H2,12,17). The molecule has 3 heterocycles. The molecule has 0 aliphatic carbocycles. The summed E-state index contributed by atoms with van der Waals surface area (Å²) in [5.74, 6) is -0.138. The van der Waals surface area contributed by atoms with Gasteiger partial charge < -0.3 is 5.73 Å². The fourth-order valence-corrected chi connectivity index (χ4v) is 2.61. The summed E-state index contributed by atoms with van der Waals surface area (Å²) in [7, 11) is 0. The Kier molecular flexibility index (Phi) is 3.02. The number of carbonyl (C=O) groups is 1. The van der Waals surface area contributed by atoms with Crippen molar-refractivity contribution in [1.29, 1.82) is 0 Å². The summed E-state index contributed by atoms with van der Waals surface area (Å²) in [5.41, 5.74) is 9.51. The molecule has 6 nitrogen and oxygen atoms in total. The predicted molar refractivity (Wildman–Crippen MR) is 72.8 cm³/mol. The Balaban J connectivity index is 2.18. The topological polar surface area (TPSA) is 94.7 Å². The number of rotatable bonds is 3. The van der Waals surface area contributed by atoms with Crippen LogP contribution in [0.25, 0.3) is 21.3 Å². The van der Waals surface area contributed by atoms with Crippen LogP contribution in [0.2, 0.25) is 0 Å². The zero-order valence-electron chi connectivity index (χ0n) is 9.48. The molecule has 8 heteroatoms. The van der Waals surface area contributed by atoms with Gasteiger partial charge >= 0.3 is 0 Å². The SMILES string of the molecule is NC(=O)c1cc(-c2cncs2)nc(-c2cncs2)n1. The van der Waals surface area contributed by atoms with Gasteiger partial charge in [0.15, 0.2) is 5.82 Å².